The standard InChI is InChI=1S/C11H14Br2N2OS/c1-15(6-7-3-2-4-14-7)11(16)9-5-8(12)10(13)17-9/h5,7,14H,2-4,6H2,1H3. The van der Waals surface area contributed by atoms with Crippen molar-refractivity contribution in [3.05, 3.63) is 19.2 Å². The number of amides is 1. The minimum Gasteiger partial charge on any atom is -0.339 e. The second-order valence-corrected chi connectivity index (χ2v) is 7.44. The Bertz CT molecular complexity index is 396. The highest BCUT2D eigenvalue weighted by Gasteiger charge is 2.21. The van der Waals surface area contributed by atoms with E-state index in [4.69, 9.17) is 0 Å². The van der Waals surface area contributed by atoms with Crippen LogP contribution in [0.5, 0.6) is 0 Å². The molecule has 1 aliphatic heterocycles. The Morgan fingerprint density at radius 2 is 2.41 bits per heavy atom. The molecule has 0 spiro atoms. The largest absolute Gasteiger partial charge is 0.339 e. The number of likely N-dealkylation sites (N-methyl/N-ethyl adjacent to an activating group) is 1. The molecule has 0 aliphatic carbocycles. The summed E-state index contributed by atoms with van der Waals surface area (Å²) >= 11 is 8.28. The maximum absolute atomic E-state index is 12.2. The third kappa shape index (κ3) is 3.30. The van der Waals surface area contributed by atoms with Gasteiger partial charge in [-0.3, -0.25) is 4.79 Å². The molecular formula is C11H14Br2N2OS. The van der Waals surface area contributed by atoms with Gasteiger partial charge in [0.15, 0.2) is 0 Å². The van der Waals surface area contributed by atoms with Gasteiger partial charge in [-0.25, -0.2) is 0 Å². The van der Waals surface area contributed by atoms with Crippen LogP contribution >= 0.6 is 43.2 Å². The van der Waals surface area contributed by atoms with Crippen LogP contribution < -0.4 is 5.32 Å². The van der Waals surface area contributed by atoms with Crippen LogP contribution in [0, 0.1) is 0 Å². The zero-order valence-corrected chi connectivity index (χ0v) is 13.5. The number of halogens is 2. The van der Waals surface area contributed by atoms with E-state index >= 15 is 0 Å². The van der Waals surface area contributed by atoms with Gasteiger partial charge in [-0.1, -0.05) is 0 Å². The van der Waals surface area contributed by atoms with Crippen molar-refractivity contribution in [1.82, 2.24) is 10.2 Å². The molecule has 1 N–H and O–H groups in total. The van der Waals surface area contributed by atoms with Gasteiger partial charge in [-0.15, -0.1) is 11.3 Å². The lowest BCUT2D eigenvalue weighted by Gasteiger charge is -2.20. The minimum absolute atomic E-state index is 0.0927. The number of thiophene rings is 1. The van der Waals surface area contributed by atoms with Gasteiger partial charge in [-0.2, -0.15) is 0 Å². The molecule has 94 valence electrons. The average Bonchev–Trinajstić information content (AvgIpc) is 2.89. The van der Waals surface area contributed by atoms with E-state index in [1.807, 2.05) is 13.1 Å². The van der Waals surface area contributed by atoms with Crippen LogP contribution in [0.4, 0.5) is 0 Å². The van der Waals surface area contributed by atoms with Crippen molar-refractivity contribution < 1.29 is 4.79 Å². The summed E-state index contributed by atoms with van der Waals surface area (Å²) in [5.74, 6) is 0.0927. The van der Waals surface area contributed by atoms with Crippen molar-refractivity contribution in [3.8, 4) is 0 Å². The molecule has 1 aliphatic rings. The average molecular weight is 382 g/mol. The van der Waals surface area contributed by atoms with Gasteiger partial charge in [0.05, 0.1) is 8.66 Å². The van der Waals surface area contributed by atoms with Crippen molar-refractivity contribution in [3.63, 3.8) is 0 Å². The Hall–Kier alpha value is 0.0900. The Morgan fingerprint density at radius 1 is 1.65 bits per heavy atom. The summed E-state index contributed by atoms with van der Waals surface area (Å²) in [4.78, 5) is 14.7. The van der Waals surface area contributed by atoms with Crippen LogP contribution in [-0.2, 0) is 0 Å². The maximum atomic E-state index is 12.2. The molecule has 1 fully saturated rings. The molecule has 1 atom stereocenters. The van der Waals surface area contributed by atoms with Crippen LogP contribution in [0.15, 0.2) is 14.3 Å². The SMILES string of the molecule is CN(CC1CCCN1)C(=O)c1cc(Br)c(Br)s1. The summed E-state index contributed by atoms with van der Waals surface area (Å²) in [5.41, 5.74) is 0. The summed E-state index contributed by atoms with van der Waals surface area (Å²) in [7, 11) is 1.86. The monoisotopic (exact) mass is 380 g/mol. The summed E-state index contributed by atoms with van der Waals surface area (Å²) < 4.78 is 1.91. The van der Waals surface area contributed by atoms with Gasteiger partial charge in [0, 0.05) is 24.1 Å². The zero-order valence-electron chi connectivity index (χ0n) is 9.50. The topological polar surface area (TPSA) is 32.3 Å². The Labute approximate surface area is 122 Å². The quantitative estimate of drug-likeness (QED) is 0.872. The molecule has 2 rings (SSSR count). The third-order valence-electron chi connectivity index (χ3n) is 2.86. The predicted octanol–water partition coefficient (Wildman–Crippen LogP) is 3.10. The second-order valence-electron chi connectivity index (χ2n) is 4.21. The van der Waals surface area contributed by atoms with E-state index in [2.05, 4.69) is 37.2 Å². The highest BCUT2D eigenvalue weighted by molar-refractivity contribution is 9.13. The molecule has 0 saturated carbocycles. The maximum Gasteiger partial charge on any atom is 0.263 e. The van der Waals surface area contributed by atoms with Gasteiger partial charge >= 0.3 is 0 Å². The fraction of sp³-hybridized carbons (Fsp3) is 0.545. The Kier molecular flexibility index (Phi) is 4.63. The first-order valence-corrected chi connectivity index (χ1v) is 7.92. The van der Waals surface area contributed by atoms with Gasteiger partial charge in [0.2, 0.25) is 0 Å². The van der Waals surface area contributed by atoms with Gasteiger partial charge in [-0.05, 0) is 57.3 Å². The van der Waals surface area contributed by atoms with Crippen LogP contribution in [0.2, 0.25) is 0 Å². The number of nitrogens with zero attached hydrogens (tertiary/aromatic N) is 1. The molecule has 1 amide bonds. The minimum atomic E-state index is 0.0927. The molecule has 1 saturated heterocycles. The Morgan fingerprint density at radius 3 is 2.94 bits per heavy atom. The van der Waals surface area contributed by atoms with Crippen LogP contribution in [0.3, 0.4) is 0 Å². The fourth-order valence-electron chi connectivity index (χ4n) is 1.97. The Balaban J connectivity index is 1.98. The molecule has 0 aromatic carbocycles. The van der Waals surface area contributed by atoms with Crippen LogP contribution in [-0.4, -0.2) is 37.0 Å². The van der Waals surface area contributed by atoms with Gasteiger partial charge in [0.25, 0.3) is 5.91 Å². The molecule has 6 heteroatoms. The van der Waals surface area contributed by atoms with Crippen molar-refractivity contribution in [1.29, 1.82) is 0 Å². The van der Waals surface area contributed by atoms with Crippen molar-refractivity contribution in [2.45, 2.75) is 18.9 Å². The normalized spacial score (nSPS) is 19.6. The van der Waals surface area contributed by atoms with Crippen molar-refractivity contribution in [2.24, 2.45) is 0 Å². The van der Waals surface area contributed by atoms with E-state index in [0.717, 1.165) is 32.6 Å². The summed E-state index contributed by atoms with van der Waals surface area (Å²) in [6.07, 6.45) is 2.37. The molecule has 3 nitrogen and oxygen atoms in total. The van der Waals surface area contributed by atoms with Crippen molar-refractivity contribution >= 4 is 49.1 Å². The summed E-state index contributed by atoms with van der Waals surface area (Å²) in [6.45, 7) is 1.86. The smallest absolute Gasteiger partial charge is 0.263 e. The highest BCUT2D eigenvalue weighted by atomic mass is 79.9. The molecule has 1 aromatic heterocycles. The van der Waals surface area contributed by atoms with E-state index < -0.39 is 0 Å². The van der Waals surface area contributed by atoms with E-state index in [-0.39, 0.29) is 5.91 Å². The molecule has 0 bridgehead atoms. The van der Waals surface area contributed by atoms with E-state index in [9.17, 15) is 4.79 Å². The third-order valence-corrected chi connectivity index (χ3v) is 6.10. The fourth-order valence-corrected chi connectivity index (χ4v) is 4.00. The number of carbonyl (C=O) groups is 1. The second kappa shape index (κ2) is 5.82. The molecule has 0 radical (unpaired) electrons. The zero-order chi connectivity index (χ0) is 12.4. The molecule has 17 heavy (non-hydrogen) atoms. The number of hydrogen-bond acceptors (Lipinski definition) is 3. The summed E-state index contributed by atoms with van der Waals surface area (Å²) in [6, 6.07) is 2.33. The van der Waals surface area contributed by atoms with Gasteiger partial charge in [0.1, 0.15) is 0 Å². The lowest BCUT2D eigenvalue weighted by atomic mass is 10.2. The first kappa shape index (κ1) is 13.5. The lowest BCUT2D eigenvalue weighted by Crippen LogP contribution is -2.38. The van der Waals surface area contributed by atoms with Gasteiger partial charge < -0.3 is 10.2 Å². The number of carbonyl (C=O) groups excluding carboxylic acids is 1. The van der Waals surface area contributed by atoms with Crippen LogP contribution in [0.25, 0.3) is 0 Å². The van der Waals surface area contributed by atoms with Crippen LogP contribution in [0.1, 0.15) is 22.5 Å². The summed E-state index contributed by atoms with van der Waals surface area (Å²) in [5, 5.41) is 3.40. The van der Waals surface area contributed by atoms with E-state index in [1.54, 1.807) is 4.90 Å². The number of nitrogens with one attached hydrogen (secondary N) is 1. The van der Waals surface area contributed by atoms with Crippen molar-refractivity contribution in [2.75, 3.05) is 20.1 Å². The molecule has 1 unspecified atom stereocenters. The number of rotatable bonds is 3. The molecule has 1 aromatic rings. The number of hydrogen-bond donors (Lipinski definition) is 1. The molecular weight excluding hydrogens is 368 g/mol. The van der Waals surface area contributed by atoms with E-state index in [0.29, 0.717) is 6.04 Å². The molecule has 2 heterocycles. The highest BCUT2D eigenvalue weighted by Crippen LogP contribution is 2.32. The van der Waals surface area contributed by atoms with E-state index in [1.165, 1.54) is 17.8 Å². The lowest BCUT2D eigenvalue weighted by molar-refractivity contribution is 0.0788. The first-order valence-electron chi connectivity index (χ1n) is 5.51. The first-order chi connectivity index (χ1) is 8.08. The predicted molar refractivity (Wildman–Crippen MR) is 77.7 cm³/mol.